The summed E-state index contributed by atoms with van der Waals surface area (Å²) in [6, 6.07) is 0. The lowest BCUT2D eigenvalue weighted by Crippen LogP contribution is -2.33. The fourth-order valence-corrected chi connectivity index (χ4v) is 5.45. The Bertz CT molecular complexity index is 629. The lowest BCUT2D eigenvalue weighted by Gasteiger charge is -2.22. The molecule has 7 heteroatoms. The van der Waals surface area contributed by atoms with E-state index in [1.165, 1.54) is 0 Å². The Morgan fingerprint density at radius 2 is 2.05 bits per heavy atom. The van der Waals surface area contributed by atoms with Gasteiger partial charge in [0.05, 0.1) is 11.4 Å². The molecule has 3 rings (SSSR count). The summed E-state index contributed by atoms with van der Waals surface area (Å²) in [5.74, 6) is 0. The van der Waals surface area contributed by atoms with E-state index in [2.05, 4.69) is 10.4 Å². The molecule has 112 valence electrons. The second-order valence-corrected chi connectivity index (χ2v) is 8.01. The van der Waals surface area contributed by atoms with Crippen molar-refractivity contribution in [1.29, 1.82) is 0 Å². The van der Waals surface area contributed by atoms with Crippen LogP contribution in [0, 0.1) is 19.3 Å². The Morgan fingerprint density at radius 3 is 2.60 bits per heavy atom. The van der Waals surface area contributed by atoms with Crippen LogP contribution in [0.25, 0.3) is 0 Å². The quantitative estimate of drug-likeness (QED) is 0.859. The Labute approximate surface area is 120 Å². The molecule has 0 aromatic carbocycles. The van der Waals surface area contributed by atoms with Gasteiger partial charge in [0.25, 0.3) is 0 Å². The summed E-state index contributed by atoms with van der Waals surface area (Å²) in [5, 5.41) is 7.59. The average molecular weight is 298 g/mol. The maximum Gasteiger partial charge on any atom is 0.246 e. The van der Waals surface area contributed by atoms with E-state index in [0.717, 1.165) is 25.9 Å². The van der Waals surface area contributed by atoms with Crippen molar-refractivity contribution in [2.24, 2.45) is 12.5 Å². The molecule has 1 unspecified atom stereocenters. The van der Waals surface area contributed by atoms with Crippen LogP contribution in [0.15, 0.2) is 4.90 Å². The van der Waals surface area contributed by atoms with Crippen molar-refractivity contribution in [3.05, 3.63) is 11.4 Å². The molecule has 1 aromatic rings. The predicted molar refractivity (Wildman–Crippen MR) is 76.0 cm³/mol. The summed E-state index contributed by atoms with van der Waals surface area (Å²) in [7, 11) is -1.64. The Morgan fingerprint density at radius 1 is 1.30 bits per heavy atom. The lowest BCUT2D eigenvalue weighted by molar-refractivity contribution is 0.338. The van der Waals surface area contributed by atoms with Crippen molar-refractivity contribution in [3.8, 4) is 0 Å². The lowest BCUT2D eigenvalue weighted by atomic mass is 9.87. The minimum absolute atomic E-state index is 0.150. The number of sulfonamides is 1. The third-order valence-electron chi connectivity index (χ3n) is 4.78. The number of nitrogens with zero attached hydrogens (tertiary/aromatic N) is 3. The normalized spacial score (nSPS) is 27.8. The fourth-order valence-electron chi connectivity index (χ4n) is 3.50. The number of nitrogens with one attached hydrogen (secondary N) is 1. The molecule has 2 aliphatic heterocycles. The van der Waals surface area contributed by atoms with Gasteiger partial charge < -0.3 is 5.32 Å². The molecule has 0 radical (unpaired) electrons. The zero-order valence-corrected chi connectivity index (χ0v) is 13.1. The number of aromatic nitrogens is 2. The monoisotopic (exact) mass is 298 g/mol. The van der Waals surface area contributed by atoms with E-state index in [-0.39, 0.29) is 5.41 Å². The zero-order valence-electron chi connectivity index (χ0n) is 12.3. The first-order valence-electron chi connectivity index (χ1n) is 7.07. The van der Waals surface area contributed by atoms with E-state index in [0.29, 0.717) is 29.4 Å². The largest absolute Gasteiger partial charge is 0.316 e. The van der Waals surface area contributed by atoms with Gasteiger partial charge in [0.2, 0.25) is 10.0 Å². The van der Waals surface area contributed by atoms with Crippen LogP contribution in [0.4, 0.5) is 0 Å². The van der Waals surface area contributed by atoms with Crippen LogP contribution in [0.3, 0.4) is 0 Å². The second kappa shape index (κ2) is 4.54. The summed E-state index contributed by atoms with van der Waals surface area (Å²) in [6.45, 7) is 6.77. The molecule has 2 saturated heterocycles. The Balaban J connectivity index is 1.93. The first-order chi connectivity index (χ1) is 9.36. The molecule has 6 nitrogen and oxygen atoms in total. The topological polar surface area (TPSA) is 67.2 Å². The highest BCUT2D eigenvalue weighted by Crippen LogP contribution is 2.39. The van der Waals surface area contributed by atoms with E-state index in [9.17, 15) is 8.42 Å². The van der Waals surface area contributed by atoms with Crippen molar-refractivity contribution in [2.75, 3.05) is 26.2 Å². The number of hydrogen-bond acceptors (Lipinski definition) is 4. The van der Waals surface area contributed by atoms with Crippen LogP contribution in [-0.2, 0) is 17.1 Å². The van der Waals surface area contributed by atoms with Gasteiger partial charge in [0, 0.05) is 26.7 Å². The summed E-state index contributed by atoms with van der Waals surface area (Å²) in [5.41, 5.74) is 1.46. The molecule has 20 heavy (non-hydrogen) atoms. The average Bonchev–Trinajstić information content (AvgIpc) is 3.05. The van der Waals surface area contributed by atoms with E-state index < -0.39 is 10.0 Å². The highest BCUT2D eigenvalue weighted by atomic mass is 32.2. The highest BCUT2D eigenvalue weighted by Gasteiger charge is 2.45. The van der Waals surface area contributed by atoms with E-state index in [1.807, 2.05) is 6.92 Å². The fraction of sp³-hybridized carbons (Fsp3) is 0.769. The van der Waals surface area contributed by atoms with Gasteiger partial charge in [-0.05, 0) is 38.6 Å². The van der Waals surface area contributed by atoms with Gasteiger partial charge >= 0.3 is 0 Å². The smallest absolute Gasteiger partial charge is 0.246 e. The molecule has 2 aliphatic rings. The molecule has 0 bridgehead atoms. The molecule has 1 spiro atoms. The predicted octanol–water partition coefficient (Wildman–Crippen LogP) is 0.411. The number of hydrogen-bond donors (Lipinski definition) is 1. The molecular weight excluding hydrogens is 276 g/mol. The van der Waals surface area contributed by atoms with Crippen molar-refractivity contribution in [2.45, 2.75) is 31.6 Å². The maximum absolute atomic E-state index is 12.9. The minimum atomic E-state index is -3.42. The van der Waals surface area contributed by atoms with Crippen molar-refractivity contribution in [1.82, 2.24) is 19.4 Å². The Hall–Kier alpha value is -0.920. The first-order valence-corrected chi connectivity index (χ1v) is 8.51. The number of aryl methyl sites for hydroxylation is 2. The molecular formula is C13H22N4O2S. The minimum Gasteiger partial charge on any atom is -0.316 e. The van der Waals surface area contributed by atoms with Gasteiger partial charge in [0.15, 0.2) is 0 Å². The molecule has 3 heterocycles. The van der Waals surface area contributed by atoms with Crippen LogP contribution in [0.5, 0.6) is 0 Å². The first kappa shape index (κ1) is 14.0. The summed E-state index contributed by atoms with van der Waals surface area (Å²) < 4.78 is 29.1. The van der Waals surface area contributed by atoms with Crippen LogP contribution in [0.2, 0.25) is 0 Å². The van der Waals surface area contributed by atoms with E-state index in [1.54, 1.807) is 23.0 Å². The zero-order chi connectivity index (χ0) is 14.5. The third-order valence-corrected chi connectivity index (χ3v) is 6.87. The molecule has 0 aliphatic carbocycles. The molecule has 0 saturated carbocycles. The van der Waals surface area contributed by atoms with Crippen molar-refractivity contribution < 1.29 is 8.42 Å². The standard InChI is InChI=1S/C13H22N4O2S/c1-10-12(11(2)16(3)15-10)20(18,19)17-7-5-13(9-17)4-6-14-8-13/h14H,4-9H2,1-3H3. The summed E-state index contributed by atoms with van der Waals surface area (Å²) in [4.78, 5) is 0.392. The van der Waals surface area contributed by atoms with Crippen LogP contribution < -0.4 is 5.32 Å². The SMILES string of the molecule is Cc1nn(C)c(C)c1S(=O)(=O)N1CCC2(CCNC2)C1. The van der Waals surface area contributed by atoms with Crippen LogP contribution in [0.1, 0.15) is 24.2 Å². The molecule has 1 atom stereocenters. The Kier molecular flexibility index (Phi) is 3.19. The van der Waals surface area contributed by atoms with Crippen molar-refractivity contribution >= 4 is 10.0 Å². The van der Waals surface area contributed by atoms with E-state index in [4.69, 9.17) is 0 Å². The summed E-state index contributed by atoms with van der Waals surface area (Å²) >= 11 is 0. The van der Waals surface area contributed by atoms with Gasteiger partial charge in [-0.25, -0.2) is 8.42 Å². The van der Waals surface area contributed by atoms with Gasteiger partial charge in [-0.2, -0.15) is 9.40 Å². The maximum atomic E-state index is 12.9. The molecule has 1 N–H and O–H groups in total. The molecule has 1 aromatic heterocycles. The van der Waals surface area contributed by atoms with E-state index >= 15 is 0 Å². The van der Waals surface area contributed by atoms with Crippen molar-refractivity contribution in [3.63, 3.8) is 0 Å². The van der Waals surface area contributed by atoms with Gasteiger partial charge in [-0.15, -0.1) is 0 Å². The number of rotatable bonds is 2. The van der Waals surface area contributed by atoms with Gasteiger partial charge in [0.1, 0.15) is 4.90 Å². The van der Waals surface area contributed by atoms with Crippen LogP contribution in [-0.4, -0.2) is 48.7 Å². The summed E-state index contributed by atoms with van der Waals surface area (Å²) in [6.07, 6.45) is 2.03. The molecule has 2 fully saturated rings. The van der Waals surface area contributed by atoms with Gasteiger partial charge in [-0.1, -0.05) is 0 Å². The third kappa shape index (κ3) is 1.99. The highest BCUT2D eigenvalue weighted by molar-refractivity contribution is 7.89. The van der Waals surface area contributed by atoms with Gasteiger partial charge in [-0.3, -0.25) is 4.68 Å². The molecule has 0 amide bonds. The second-order valence-electron chi connectivity index (χ2n) is 6.14. The van der Waals surface area contributed by atoms with Crippen LogP contribution >= 0.6 is 0 Å².